The van der Waals surface area contributed by atoms with E-state index in [1.54, 1.807) is 0 Å². The maximum Gasteiger partial charge on any atom is 0.0406 e. The van der Waals surface area contributed by atoms with Crippen molar-refractivity contribution >= 4 is 23.5 Å². The first-order chi connectivity index (χ1) is 13.7. The van der Waals surface area contributed by atoms with Crippen molar-refractivity contribution in [2.24, 2.45) is 11.7 Å². The Morgan fingerprint density at radius 2 is 1.82 bits per heavy atom. The minimum Gasteiger partial charge on any atom is -0.327 e. The van der Waals surface area contributed by atoms with E-state index in [0.717, 1.165) is 43.2 Å². The third-order valence-corrected chi connectivity index (χ3v) is 7.40. The van der Waals surface area contributed by atoms with Crippen LogP contribution in [0.4, 0.5) is 0 Å². The number of hydrogen-bond donors (Lipinski definition) is 2. The third-order valence-electron chi connectivity index (χ3n) is 6.10. The smallest absolute Gasteiger partial charge is 0.0406 e. The fourth-order valence-electron chi connectivity index (χ4n) is 4.16. The van der Waals surface area contributed by atoms with Crippen molar-refractivity contribution in [3.63, 3.8) is 0 Å². The Bertz CT molecular complexity index is 773. The second kappa shape index (κ2) is 9.67. The number of benzene rings is 2. The molecule has 4 rings (SSSR count). The first-order valence-corrected chi connectivity index (χ1v) is 12.0. The van der Waals surface area contributed by atoms with E-state index in [4.69, 9.17) is 17.3 Å². The van der Waals surface area contributed by atoms with Crippen LogP contribution >= 0.6 is 23.5 Å². The molecule has 3 N–H and O–H groups in total. The number of rotatable bonds is 9. The van der Waals surface area contributed by atoms with Crippen molar-refractivity contribution in [3.05, 3.63) is 69.7 Å². The van der Waals surface area contributed by atoms with Gasteiger partial charge in [-0.05, 0) is 85.3 Å². The molecule has 2 aromatic carbocycles. The van der Waals surface area contributed by atoms with Crippen LogP contribution in [0.3, 0.4) is 0 Å². The number of fused-ring (bicyclic) bond motifs is 1. The van der Waals surface area contributed by atoms with Crippen molar-refractivity contribution < 1.29 is 0 Å². The van der Waals surface area contributed by atoms with Crippen molar-refractivity contribution in [2.75, 3.05) is 12.3 Å². The summed E-state index contributed by atoms with van der Waals surface area (Å²) in [5, 5.41) is 0.795. The maximum absolute atomic E-state index is 6.57. The Balaban J connectivity index is 1.37. The van der Waals surface area contributed by atoms with Gasteiger partial charge in [0.05, 0.1) is 0 Å². The summed E-state index contributed by atoms with van der Waals surface area (Å²) in [5.74, 6) is 2.67. The van der Waals surface area contributed by atoms with Gasteiger partial charge in [-0.3, -0.25) is 4.72 Å². The number of aryl methyl sites for hydroxylation is 2. The molecular formula is C24H31ClN2S. The Labute approximate surface area is 178 Å². The van der Waals surface area contributed by atoms with E-state index in [1.807, 2.05) is 24.1 Å². The Morgan fingerprint density at radius 1 is 1.04 bits per heavy atom. The molecule has 2 unspecified atom stereocenters. The van der Waals surface area contributed by atoms with Crippen LogP contribution in [0, 0.1) is 5.92 Å². The van der Waals surface area contributed by atoms with Crippen LogP contribution in [-0.2, 0) is 19.3 Å². The van der Waals surface area contributed by atoms with E-state index in [-0.39, 0.29) is 6.04 Å². The van der Waals surface area contributed by atoms with Gasteiger partial charge in [0.1, 0.15) is 0 Å². The molecule has 2 aliphatic rings. The molecule has 2 nitrogen and oxygen atoms in total. The quantitative estimate of drug-likeness (QED) is 0.419. The van der Waals surface area contributed by atoms with Gasteiger partial charge in [0.2, 0.25) is 0 Å². The number of halogens is 1. The predicted octanol–water partition coefficient (Wildman–Crippen LogP) is 5.52. The normalized spacial score (nSPS) is 21.5. The fourth-order valence-corrected chi connectivity index (χ4v) is 5.26. The molecule has 4 heteroatoms. The standard InChI is InChI=1S/C24H31ClN2S/c25-21-10-6-18(7-11-21)15-23-22-14-17(5-8-20(22)9-12-24(23)26)2-1-13-27-28-16-19-3-4-19/h5-8,10-11,14,19,23-24,27H,1-4,9,12-13,15-16,26H2. The number of nitrogens with one attached hydrogen (secondary N) is 1. The fraction of sp³-hybridized carbons (Fsp3) is 0.500. The summed E-state index contributed by atoms with van der Waals surface area (Å²) in [6.07, 6.45) is 8.36. The molecule has 0 aliphatic heterocycles. The minimum atomic E-state index is 0.235. The van der Waals surface area contributed by atoms with Gasteiger partial charge in [0, 0.05) is 29.3 Å². The molecule has 0 spiro atoms. The molecular weight excluding hydrogens is 384 g/mol. The first kappa shape index (κ1) is 20.3. The van der Waals surface area contributed by atoms with Gasteiger partial charge in [-0.1, -0.05) is 53.9 Å². The van der Waals surface area contributed by atoms with Crippen LogP contribution in [0.25, 0.3) is 0 Å². The molecule has 2 atom stereocenters. The van der Waals surface area contributed by atoms with Crippen molar-refractivity contribution in [1.29, 1.82) is 0 Å². The molecule has 2 aromatic rings. The largest absolute Gasteiger partial charge is 0.327 e. The van der Waals surface area contributed by atoms with Crippen LogP contribution in [0.15, 0.2) is 42.5 Å². The lowest BCUT2D eigenvalue weighted by Crippen LogP contribution is -2.34. The van der Waals surface area contributed by atoms with E-state index in [1.165, 1.54) is 47.3 Å². The van der Waals surface area contributed by atoms with Crippen molar-refractivity contribution in [2.45, 2.75) is 56.9 Å². The zero-order valence-electron chi connectivity index (χ0n) is 16.5. The highest BCUT2D eigenvalue weighted by molar-refractivity contribution is 7.97. The zero-order valence-corrected chi connectivity index (χ0v) is 18.1. The molecule has 1 fully saturated rings. The summed E-state index contributed by atoms with van der Waals surface area (Å²) >= 11 is 7.96. The van der Waals surface area contributed by atoms with Gasteiger partial charge < -0.3 is 5.73 Å². The molecule has 0 heterocycles. The summed E-state index contributed by atoms with van der Waals surface area (Å²) in [4.78, 5) is 0. The number of hydrogen-bond acceptors (Lipinski definition) is 3. The molecule has 1 saturated carbocycles. The topological polar surface area (TPSA) is 38.0 Å². The molecule has 150 valence electrons. The maximum atomic E-state index is 6.57. The van der Waals surface area contributed by atoms with Gasteiger partial charge in [-0.15, -0.1) is 0 Å². The van der Waals surface area contributed by atoms with Gasteiger partial charge in [-0.2, -0.15) is 0 Å². The van der Waals surface area contributed by atoms with Crippen molar-refractivity contribution in [3.8, 4) is 0 Å². The molecule has 0 saturated heterocycles. The van der Waals surface area contributed by atoms with Crippen LogP contribution < -0.4 is 10.5 Å². The number of nitrogens with two attached hydrogens (primary N) is 1. The predicted molar refractivity (Wildman–Crippen MR) is 122 cm³/mol. The lowest BCUT2D eigenvalue weighted by molar-refractivity contribution is 0.467. The monoisotopic (exact) mass is 414 g/mol. The van der Waals surface area contributed by atoms with Gasteiger partial charge in [0.25, 0.3) is 0 Å². The summed E-state index contributed by atoms with van der Waals surface area (Å²) in [6, 6.07) is 15.6. The van der Waals surface area contributed by atoms with Gasteiger partial charge >= 0.3 is 0 Å². The Kier molecular flexibility index (Phi) is 7.00. The molecule has 0 amide bonds. The van der Waals surface area contributed by atoms with Crippen LogP contribution in [0.2, 0.25) is 5.02 Å². The average Bonchev–Trinajstić information content (AvgIpc) is 3.53. The van der Waals surface area contributed by atoms with Gasteiger partial charge in [0.15, 0.2) is 0 Å². The molecule has 28 heavy (non-hydrogen) atoms. The Morgan fingerprint density at radius 3 is 2.61 bits per heavy atom. The second-order valence-corrected chi connectivity index (χ2v) is 9.77. The van der Waals surface area contributed by atoms with E-state index in [2.05, 4.69) is 35.1 Å². The molecule has 2 aliphatic carbocycles. The summed E-state index contributed by atoms with van der Waals surface area (Å²) in [5.41, 5.74) is 12.3. The van der Waals surface area contributed by atoms with E-state index < -0.39 is 0 Å². The highest BCUT2D eigenvalue weighted by Crippen LogP contribution is 2.35. The van der Waals surface area contributed by atoms with E-state index >= 15 is 0 Å². The van der Waals surface area contributed by atoms with Crippen LogP contribution in [0.5, 0.6) is 0 Å². The lowest BCUT2D eigenvalue weighted by atomic mass is 9.76. The van der Waals surface area contributed by atoms with Crippen molar-refractivity contribution in [1.82, 2.24) is 4.72 Å². The summed E-state index contributed by atoms with van der Waals surface area (Å²) in [6.45, 7) is 1.09. The second-order valence-electron chi connectivity index (χ2n) is 8.43. The summed E-state index contributed by atoms with van der Waals surface area (Å²) < 4.78 is 3.53. The Hall–Kier alpha value is -1.00. The summed E-state index contributed by atoms with van der Waals surface area (Å²) in [7, 11) is 0. The first-order valence-electron chi connectivity index (χ1n) is 10.7. The highest BCUT2D eigenvalue weighted by Gasteiger charge is 2.27. The minimum absolute atomic E-state index is 0.235. The zero-order chi connectivity index (χ0) is 19.3. The highest BCUT2D eigenvalue weighted by atomic mass is 35.5. The SMILES string of the molecule is NC1CCc2ccc(CCCNSCC3CC3)cc2C1Cc1ccc(Cl)cc1. The van der Waals surface area contributed by atoms with Crippen LogP contribution in [-0.4, -0.2) is 18.3 Å². The molecule has 0 bridgehead atoms. The molecule has 0 radical (unpaired) electrons. The molecule has 0 aromatic heterocycles. The van der Waals surface area contributed by atoms with E-state index in [9.17, 15) is 0 Å². The van der Waals surface area contributed by atoms with E-state index in [0.29, 0.717) is 5.92 Å². The average molecular weight is 415 g/mol. The van der Waals surface area contributed by atoms with Crippen LogP contribution in [0.1, 0.15) is 53.9 Å². The van der Waals surface area contributed by atoms with Gasteiger partial charge in [-0.25, -0.2) is 0 Å². The lowest BCUT2D eigenvalue weighted by Gasteiger charge is -2.32. The third kappa shape index (κ3) is 5.54.